The molecule has 0 fully saturated rings. The highest BCUT2D eigenvalue weighted by Crippen LogP contribution is 2.21. The topological polar surface area (TPSA) is 35.5 Å². The van der Waals surface area contributed by atoms with E-state index in [4.69, 9.17) is 9.47 Å². The van der Waals surface area contributed by atoms with Crippen LogP contribution in [0.5, 0.6) is 11.5 Å². The smallest absolute Gasteiger partial charge is 0.185 e. The molecule has 0 aromatic heterocycles. The van der Waals surface area contributed by atoms with Crippen LogP contribution in [0, 0.1) is 0 Å². The number of ether oxygens (including phenoxy) is 2. The molecule has 4 aromatic rings. The Bertz CT molecular complexity index is 1170. The summed E-state index contributed by atoms with van der Waals surface area (Å²) in [6.45, 7) is 0.506. The Balaban J connectivity index is 1.38. The molecule has 0 N–H and O–H groups in total. The maximum atomic E-state index is 12.3. The molecule has 4 rings (SSSR count). The number of hydrogen-bond donors (Lipinski definition) is 0. The molecule has 3 nitrogen and oxygen atoms in total. The third kappa shape index (κ3) is 4.58. The van der Waals surface area contributed by atoms with Crippen molar-refractivity contribution in [1.82, 2.24) is 0 Å². The van der Waals surface area contributed by atoms with E-state index in [9.17, 15) is 4.79 Å². The zero-order chi connectivity index (χ0) is 20.8. The minimum atomic E-state index is -0.0473. The number of hydrogen-bond acceptors (Lipinski definition) is 3. The summed E-state index contributed by atoms with van der Waals surface area (Å²) in [6.07, 6.45) is 3.38. The number of methoxy groups -OCH3 is 1. The first-order chi connectivity index (χ1) is 14.7. The van der Waals surface area contributed by atoms with Gasteiger partial charge in [-0.05, 0) is 64.4 Å². The molecular formula is C27H22O3. The standard InChI is InChI=1S/C27H22O3/c1-29-24-16-12-22(13-17-24)27(28)18-11-20-9-14-25(15-10-20)30-19-23-7-4-6-21-5-2-3-8-26(21)23/h2-18H,19H2,1H3/b18-11+. The first-order valence-electron chi connectivity index (χ1n) is 9.79. The molecule has 0 heterocycles. The van der Waals surface area contributed by atoms with Crippen LogP contribution < -0.4 is 9.47 Å². The van der Waals surface area contributed by atoms with E-state index in [2.05, 4.69) is 30.3 Å². The van der Waals surface area contributed by atoms with Crippen molar-refractivity contribution in [3.63, 3.8) is 0 Å². The summed E-state index contributed by atoms with van der Waals surface area (Å²) in [4.78, 5) is 12.3. The second-order valence-corrected chi connectivity index (χ2v) is 6.92. The highest BCUT2D eigenvalue weighted by Gasteiger charge is 2.03. The van der Waals surface area contributed by atoms with Gasteiger partial charge < -0.3 is 9.47 Å². The second kappa shape index (κ2) is 9.10. The molecule has 0 aliphatic heterocycles. The van der Waals surface area contributed by atoms with Crippen molar-refractivity contribution in [2.75, 3.05) is 7.11 Å². The molecule has 0 saturated heterocycles. The largest absolute Gasteiger partial charge is 0.497 e. The summed E-state index contributed by atoms with van der Waals surface area (Å²) in [5.74, 6) is 1.48. The third-order valence-electron chi connectivity index (χ3n) is 4.96. The van der Waals surface area contributed by atoms with Gasteiger partial charge in [0.15, 0.2) is 5.78 Å². The monoisotopic (exact) mass is 394 g/mol. The van der Waals surface area contributed by atoms with Gasteiger partial charge in [0.2, 0.25) is 0 Å². The van der Waals surface area contributed by atoms with Crippen LogP contribution in [0.15, 0.2) is 97.1 Å². The van der Waals surface area contributed by atoms with Crippen LogP contribution in [0.2, 0.25) is 0 Å². The van der Waals surface area contributed by atoms with E-state index in [1.807, 2.05) is 36.4 Å². The number of fused-ring (bicyclic) bond motifs is 1. The lowest BCUT2D eigenvalue weighted by Crippen LogP contribution is -1.96. The van der Waals surface area contributed by atoms with E-state index in [0.717, 1.165) is 22.6 Å². The molecule has 0 bridgehead atoms. The molecule has 148 valence electrons. The molecule has 3 heteroatoms. The second-order valence-electron chi connectivity index (χ2n) is 6.92. The fourth-order valence-corrected chi connectivity index (χ4v) is 3.28. The molecule has 0 aliphatic carbocycles. The van der Waals surface area contributed by atoms with E-state index in [-0.39, 0.29) is 5.78 Å². The molecule has 30 heavy (non-hydrogen) atoms. The van der Waals surface area contributed by atoms with Gasteiger partial charge in [0.05, 0.1) is 7.11 Å². The maximum Gasteiger partial charge on any atom is 0.185 e. The van der Waals surface area contributed by atoms with Crippen LogP contribution >= 0.6 is 0 Å². The van der Waals surface area contributed by atoms with Crippen LogP contribution in [0.25, 0.3) is 16.8 Å². The van der Waals surface area contributed by atoms with Gasteiger partial charge in [0.1, 0.15) is 18.1 Å². The molecule has 0 amide bonds. The lowest BCUT2D eigenvalue weighted by Gasteiger charge is -2.09. The Morgan fingerprint density at radius 1 is 0.800 bits per heavy atom. The van der Waals surface area contributed by atoms with Gasteiger partial charge in [-0.15, -0.1) is 0 Å². The van der Waals surface area contributed by atoms with Crippen LogP contribution in [0.3, 0.4) is 0 Å². The van der Waals surface area contributed by atoms with Crippen molar-refractivity contribution in [3.05, 3.63) is 114 Å². The molecule has 4 aromatic carbocycles. The number of rotatable bonds is 7. The zero-order valence-electron chi connectivity index (χ0n) is 16.7. The van der Waals surface area contributed by atoms with Gasteiger partial charge in [-0.3, -0.25) is 4.79 Å². The van der Waals surface area contributed by atoms with Gasteiger partial charge in [-0.2, -0.15) is 0 Å². The Kier molecular flexibility index (Phi) is 5.90. The first-order valence-corrected chi connectivity index (χ1v) is 9.79. The number of benzene rings is 4. The predicted molar refractivity (Wildman–Crippen MR) is 121 cm³/mol. The number of allylic oxidation sites excluding steroid dienone is 1. The summed E-state index contributed by atoms with van der Waals surface area (Å²) in [7, 11) is 1.60. The summed E-state index contributed by atoms with van der Waals surface area (Å²) in [6, 6.07) is 29.3. The normalized spacial score (nSPS) is 11.0. The Morgan fingerprint density at radius 3 is 2.27 bits per heavy atom. The lowest BCUT2D eigenvalue weighted by atomic mass is 10.1. The Morgan fingerprint density at radius 2 is 1.50 bits per heavy atom. The van der Waals surface area contributed by atoms with E-state index in [1.54, 1.807) is 43.5 Å². The van der Waals surface area contributed by atoms with Crippen molar-refractivity contribution in [2.24, 2.45) is 0 Å². The summed E-state index contributed by atoms with van der Waals surface area (Å²) in [5, 5.41) is 2.41. The third-order valence-corrected chi connectivity index (χ3v) is 4.96. The molecule has 0 aliphatic rings. The molecule has 0 spiro atoms. The highest BCUT2D eigenvalue weighted by molar-refractivity contribution is 6.06. The number of ketones is 1. The van der Waals surface area contributed by atoms with Gasteiger partial charge in [0, 0.05) is 5.56 Å². The Labute approximate surface area is 176 Å². The summed E-state index contributed by atoms with van der Waals surface area (Å²) in [5.41, 5.74) is 2.72. The minimum absolute atomic E-state index is 0.0473. The average Bonchev–Trinajstić information content (AvgIpc) is 2.82. The fraction of sp³-hybridized carbons (Fsp3) is 0.0741. The highest BCUT2D eigenvalue weighted by atomic mass is 16.5. The van der Waals surface area contributed by atoms with E-state index < -0.39 is 0 Å². The van der Waals surface area contributed by atoms with Crippen LogP contribution in [-0.2, 0) is 6.61 Å². The summed E-state index contributed by atoms with van der Waals surface area (Å²) >= 11 is 0. The van der Waals surface area contributed by atoms with E-state index in [0.29, 0.717) is 12.2 Å². The average molecular weight is 394 g/mol. The lowest BCUT2D eigenvalue weighted by molar-refractivity contribution is 0.104. The Hall–Kier alpha value is -3.85. The predicted octanol–water partition coefficient (Wildman–Crippen LogP) is 6.32. The van der Waals surface area contributed by atoms with Crippen molar-refractivity contribution in [2.45, 2.75) is 6.61 Å². The molecule has 0 radical (unpaired) electrons. The fourth-order valence-electron chi connectivity index (χ4n) is 3.28. The van der Waals surface area contributed by atoms with Gasteiger partial charge in [0.25, 0.3) is 0 Å². The minimum Gasteiger partial charge on any atom is -0.497 e. The molecular weight excluding hydrogens is 372 g/mol. The molecule has 0 saturated carbocycles. The van der Waals surface area contributed by atoms with Crippen molar-refractivity contribution >= 4 is 22.6 Å². The number of carbonyl (C=O) groups is 1. The quantitative estimate of drug-likeness (QED) is 0.272. The maximum absolute atomic E-state index is 12.3. The van der Waals surface area contributed by atoms with Crippen LogP contribution in [0.1, 0.15) is 21.5 Å². The van der Waals surface area contributed by atoms with E-state index in [1.165, 1.54) is 10.8 Å². The van der Waals surface area contributed by atoms with Crippen molar-refractivity contribution in [1.29, 1.82) is 0 Å². The molecule has 0 unspecified atom stereocenters. The number of carbonyl (C=O) groups excluding carboxylic acids is 1. The SMILES string of the molecule is COc1ccc(C(=O)/C=C/c2ccc(OCc3cccc4ccccc34)cc2)cc1. The van der Waals surface area contributed by atoms with Crippen LogP contribution in [-0.4, -0.2) is 12.9 Å². The zero-order valence-corrected chi connectivity index (χ0v) is 16.7. The van der Waals surface area contributed by atoms with Crippen molar-refractivity contribution < 1.29 is 14.3 Å². The van der Waals surface area contributed by atoms with Crippen molar-refractivity contribution in [3.8, 4) is 11.5 Å². The van der Waals surface area contributed by atoms with E-state index >= 15 is 0 Å². The first kappa shape index (κ1) is 19.5. The van der Waals surface area contributed by atoms with Gasteiger partial charge in [-0.1, -0.05) is 60.7 Å². The van der Waals surface area contributed by atoms with Gasteiger partial charge in [-0.25, -0.2) is 0 Å². The molecule has 0 atom stereocenters. The van der Waals surface area contributed by atoms with Crippen LogP contribution in [0.4, 0.5) is 0 Å². The summed E-state index contributed by atoms with van der Waals surface area (Å²) < 4.78 is 11.1. The van der Waals surface area contributed by atoms with Gasteiger partial charge >= 0.3 is 0 Å².